The van der Waals surface area contributed by atoms with Crippen LogP contribution in [0, 0.1) is 0 Å². The van der Waals surface area contributed by atoms with Gasteiger partial charge in [0.25, 0.3) is 0 Å². The molecule has 6 heteroatoms. The van der Waals surface area contributed by atoms with E-state index in [1.165, 1.54) is 0 Å². The highest BCUT2D eigenvalue weighted by Gasteiger charge is 2.23. The molecule has 3 heterocycles. The molecule has 0 atom stereocenters. The molecule has 1 saturated heterocycles. The van der Waals surface area contributed by atoms with E-state index < -0.39 is 0 Å². The van der Waals surface area contributed by atoms with Crippen molar-refractivity contribution >= 4 is 28.6 Å². The minimum atomic E-state index is -0.0463. The summed E-state index contributed by atoms with van der Waals surface area (Å²) in [4.78, 5) is 17.1. The number of fused-ring (bicyclic) bond motifs is 3. The zero-order valence-corrected chi connectivity index (χ0v) is 17.5. The number of hydrogen-bond donors (Lipinski definition) is 0. The van der Waals surface area contributed by atoms with Crippen LogP contribution < -0.4 is 15.1 Å². The lowest BCUT2D eigenvalue weighted by Gasteiger charge is -2.27. The third-order valence-corrected chi connectivity index (χ3v) is 6.71. The molecular formula is C25H19NO4S. The van der Waals surface area contributed by atoms with E-state index in [2.05, 4.69) is 17.0 Å². The molecule has 0 saturated carbocycles. The smallest absolute Gasteiger partial charge is 0.200 e. The van der Waals surface area contributed by atoms with Gasteiger partial charge in [-0.1, -0.05) is 48.2 Å². The summed E-state index contributed by atoms with van der Waals surface area (Å²) >= 11 is 1.69. The van der Waals surface area contributed by atoms with Crippen LogP contribution in [0.15, 0.2) is 85.7 Å². The molecule has 0 radical (unpaired) electrons. The topological polar surface area (TPSA) is 51.9 Å². The quantitative estimate of drug-likeness (QED) is 0.367. The van der Waals surface area contributed by atoms with E-state index in [1.54, 1.807) is 17.8 Å². The molecule has 0 spiro atoms. The van der Waals surface area contributed by atoms with Crippen molar-refractivity contribution in [1.82, 2.24) is 0 Å². The Labute approximate surface area is 183 Å². The lowest BCUT2D eigenvalue weighted by molar-refractivity contribution is 0.121. The van der Waals surface area contributed by atoms with Gasteiger partial charge in [-0.2, -0.15) is 0 Å². The van der Waals surface area contributed by atoms with E-state index in [9.17, 15) is 4.79 Å². The number of ether oxygens (including phenoxy) is 2. The lowest BCUT2D eigenvalue weighted by Crippen LogP contribution is -2.36. The molecule has 0 N–H and O–H groups in total. The van der Waals surface area contributed by atoms with E-state index in [0.29, 0.717) is 43.2 Å². The molecule has 0 amide bonds. The third kappa shape index (κ3) is 3.19. The van der Waals surface area contributed by atoms with Crippen LogP contribution >= 0.6 is 11.8 Å². The van der Waals surface area contributed by atoms with Crippen molar-refractivity contribution in [3.63, 3.8) is 0 Å². The maximum Gasteiger partial charge on any atom is 0.200 e. The second-order valence-electron chi connectivity index (χ2n) is 7.51. The summed E-state index contributed by atoms with van der Waals surface area (Å²) in [7, 11) is 0. The Morgan fingerprint density at radius 3 is 2.52 bits per heavy atom. The predicted octanol–water partition coefficient (Wildman–Crippen LogP) is 5.55. The number of benzene rings is 3. The summed E-state index contributed by atoms with van der Waals surface area (Å²) in [6.07, 6.45) is 0. The van der Waals surface area contributed by atoms with Gasteiger partial charge in [-0.3, -0.25) is 4.79 Å². The fraction of sp³-hybridized carbons (Fsp3) is 0.160. The van der Waals surface area contributed by atoms with Crippen LogP contribution in [0.5, 0.6) is 11.5 Å². The molecule has 31 heavy (non-hydrogen) atoms. The van der Waals surface area contributed by atoms with Gasteiger partial charge in [0, 0.05) is 30.3 Å². The van der Waals surface area contributed by atoms with Crippen LogP contribution in [0.1, 0.15) is 0 Å². The summed E-state index contributed by atoms with van der Waals surface area (Å²) in [6, 6.07) is 21.4. The molecule has 0 bridgehead atoms. The summed E-state index contributed by atoms with van der Waals surface area (Å²) < 4.78 is 18.1. The Bertz CT molecular complexity index is 1360. The zero-order chi connectivity index (χ0) is 20.8. The second kappa shape index (κ2) is 7.48. The minimum absolute atomic E-state index is 0.0463. The van der Waals surface area contributed by atoms with Crippen LogP contribution in [0.4, 0.5) is 5.88 Å². The highest BCUT2D eigenvalue weighted by atomic mass is 32.2. The van der Waals surface area contributed by atoms with Gasteiger partial charge in [0.1, 0.15) is 17.1 Å². The molecule has 1 fully saturated rings. The maximum atomic E-state index is 12.9. The Morgan fingerprint density at radius 1 is 0.839 bits per heavy atom. The number of nitrogens with zero attached hydrogens (tertiary/aromatic N) is 1. The van der Waals surface area contributed by atoms with E-state index in [0.717, 1.165) is 32.4 Å². The molecule has 3 aromatic carbocycles. The van der Waals surface area contributed by atoms with Crippen LogP contribution in [0.2, 0.25) is 0 Å². The predicted molar refractivity (Wildman–Crippen MR) is 122 cm³/mol. The van der Waals surface area contributed by atoms with Gasteiger partial charge in [-0.15, -0.1) is 0 Å². The molecule has 6 rings (SSSR count). The number of morpholine rings is 1. The molecule has 1 aromatic heterocycles. The first-order valence-electron chi connectivity index (χ1n) is 10.3. The number of rotatable bonds is 2. The molecule has 4 aromatic rings. The first-order chi connectivity index (χ1) is 15.3. The van der Waals surface area contributed by atoms with Gasteiger partial charge in [-0.25, -0.2) is 0 Å². The average molecular weight is 429 g/mol. The zero-order valence-electron chi connectivity index (χ0n) is 16.7. The van der Waals surface area contributed by atoms with Gasteiger partial charge in [-0.05, 0) is 24.3 Å². The molecule has 0 unspecified atom stereocenters. The first kappa shape index (κ1) is 18.5. The van der Waals surface area contributed by atoms with Crippen molar-refractivity contribution in [3.8, 4) is 22.6 Å². The monoisotopic (exact) mass is 429 g/mol. The summed E-state index contributed by atoms with van der Waals surface area (Å²) in [5.74, 6) is 2.21. The molecular weight excluding hydrogens is 410 g/mol. The number of hydrogen-bond acceptors (Lipinski definition) is 6. The van der Waals surface area contributed by atoms with E-state index in [4.69, 9.17) is 13.9 Å². The van der Waals surface area contributed by atoms with Gasteiger partial charge < -0.3 is 18.8 Å². The normalized spacial score (nSPS) is 15.3. The Hall–Kier alpha value is -3.22. The Balaban J connectivity index is 1.53. The van der Waals surface area contributed by atoms with E-state index >= 15 is 0 Å². The molecule has 2 aliphatic heterocycles. The highest BCUT2D eigenvalue weighted by Crippen LogP contribution is 2.51. The van der Waals surface area contributed by atoms with Crippen LogP contribution in [-0.2, 0) is 4.74 Å². The van der Waals surface area contributed by atoms with Crippen molar-refractivity contribution in [2.45, 2.75) is 9.79 Å². The van der Waals surface area contributed by atoms with Crippen molar-refractivity contribution in [3.05, 3.63) is 77.0 Å². The van der Waals surface area contributed by atoms with Gasteiger partial charge in [0.05, 0.1) is 28.4 Å². The molecule has 2 aliphatic rings. The van der Waals surface area contributed by atoms with Crippen molar-refractivity contribution < 1.29 is 13.9 Å². The molecule has 154 valence electrons. The third-order valence-electron chi connectivity index (χ3n) is 5.61. The Morgan fingerprint density at radius 2 is 1.61 bits per heavy atom. The fourth-order valence-corrected chi connectivity index (χ4v) is 5.06. The van der Waals surface area contributed by atoms with Crippen LogP contribution in [-0.4, -0.2) is 26.3 Å². The van der Waals surface area contributed by atoms with Crippen molar-refractivity contribution in [2.24, 2.45) is 0 Å². The Kier molecular flexibility index (Phi) is 4.47. The van der Waals surface area contributed by atoms with Gasteiger partial charge >= 0.3 is 0 Å². The standard InChI is InChI=1S/C25H19NO4S/c27-19-15-23(26-11-13-28-14-12-26)30-24-16(5-3-7-18(19)24)17-6-4-10-22-25(17)29-20-8-1-2-9-21(20)31-22/h1-10,15H,11-14H2. The number of anilines is 1. The van der Waals surface area contributed by atoms with E-state index in [1.807, 2.05) is 48.5 Å². The summed E-state index contributed by atoms with van der Waals surface area (Å²) in [5, 5.41) is 0.566. The first-order valence-corrected chi connectivity index (χ1v) is 11.1. The average Bonchev–Trinajstić information content (AvgIpc) is 2.82. The minimum Gasteiger partial charge on any atom is -0.454 e. The van der Waals surface area contributed by atoms with Crippen LogP contribution in [0.3, 0.4) is 0 Å². The molecule has 0 aliphatic carbocycles. The van der Waals surface area contributed by atoms with Gasteiger partial charge in [0.2, 0.25) is 0 Å². The summed E-state index contributed by atoms with van der Waals surface area (Å²) in [5.41, 5.74) is 2.29. The van der Waals surface area contributed by atoms with Crippen LogP contribution in [0.25, 0.3) is 22.1 Å². The lowest BCUT2D eigenvalue weighted by atomic mass is 10.0. The summed E-state index contributed by atoms with van der Waals surface area (Å²) in [6.45, 7) is 2.65. The SMILES string of the molecule is O=c1cc(N2CCOCC2)oc2c(-c3cccc4c3Oc3ccccc3S4)cccc12. The van der Waals surface area contributed by atoms with E-state index in [-0.39, 0.29) is 5.43 Å². The van der Waals surface area contributed by atoms with Crippen molar-refractivity contribution in [2.75, 3.05) is 31.2 Å². The second-order valence-corrected chi connectivity index (χ2v) is 8.60. The maximum absolute atomic E-state index is 12.9. The largest absolute Gasteiger partial charge is 0.454 e. The highest BCUT2D eigenvalue weighted by molar-refractivity contribution is 7.99. The van der Waals surface area contributed by atoms with Gasteiger partial charge in [0.15, 0.2) is 11.3 Å². The number of para-hydroxylation sites is 3. The fourth-order valence-electron chi connectivity index (χ4n) is 4.08. The van der Waals surface area contributed by atoms with Crippen molar-refractivity contribution in [1.29, 1.82) is 0 Å². The molecule has 5 nitrogen and oxygen atoms in total.